The number of carbonyl (C=O) groups excluding carboxylic acids is 1. The number of halogens is 2. The number of anilines is 1. The predicted molar refractivity (Wildman–Crippen MR) is 64.5 cm³/mol. The highest BCUT2D eigenvalue weighted by Crippen LogP contribution is 2.28. The van der Waals surface area contributed by atoms with Crippen molar-refractivity contribution in [1.29, 1.82) is 0 Å². The van der Waals surface area contributed by atoms with Crippen molar-refractivity contribution in [1.82, 2.24) is 0 Å². The SMILES string of the molecule is Cc1ccc(Cl)cc1N1CC(CCl)OC1=O. The maximum atomic E-state index is 11.6. The van der Waals surface area contributed by atoms with E-state index in [0.29, 0.717) is 17.4 Å². The molecule has 1 heterocycles. The number of carbonyl (C=O) groups is 1. The number of alkyl halides is 1. The van der Waals surface area contributed by atoms with E-state index in [-0.39, 0.29) is 12.2 Å². The number of rotatable bonds is 2. The van der Waals surface area contributed by atoms with E-state index < -0.39 is 0 Å². The number of hydrogen-bond acceptors (Lipinski definition) is 2. The van der Waals surface area contributed by atoms with Crippen LogP contribution in [0.15, 0.2) is 18.2 Å². The summed E-state index contributed by atoms with van der Waals surface area (Å²) in [7, 11) is 0. The molecule has 0 spiro atoms. The average molecular weight is 260 g/mol. The maximum absolute atomic E-state index is 11.6. The number of nitrogens with zero attached hydrogens (tertiary/aromatic N) is 1. The van der Waals surface area contributed by atoms with Crippen LogP contribution in [0.25, 0.3) is 0 Å². The Labute approximate surface area is 104 Å². The molecular formula is C11H11Cl2NO2. The summed E-state index contributed by atoms with van der Waals surface area (Å²) in [6.07, 6.45) is -0.608. The molecule has 0 bridgehead atoms. The van der Waals surface area contributed by atoms with Crippen molar-refractivity contribution in [2.45, 2.75) is 13.0 Å². The smallest absolute Gasteiger partial charge is 0.414 e. The third-order valence-electron chi connectivity index (χ3n) is 2.51. The van der Waals surface area contributed by atoms with Gasteiger partial charge in [-0.25, -0.2) is 4.79 Å². The van der Waals surface area contributed by atoms with E-state index in [1.165, 1.54) is 0 Å². The fourth-order valence-electron chi connectivity index (χ4n) is 1.67. The number of amides is 1. The Kier molecular flexibility index (Phi) is 3.26. The second-order valence-electron chi connectivity index (χ2n) is 3.70. The zero-order valence-electron chi connectivity index (χ0n) is 8.74. The molecule has 0 aliphatic carbocycles. The van der Waals surface area contributed by atoms with Crippen LogP contribution in [0.3, 0.4) is 0 Å². The Hall–Kier alpha value is -0.930. The molecule has 1 amide bonds. The van der Waals surface area contributed by atoms with E-state index in [1.54, 1.807) is 17.0 Å². The van der Waals surface area contributed by atoms with Gasteiger partial charge in [-0.1, -0.05) is 17.7 Å². The Morgan fingerprint density at radius 3 is 2.94 bits per heavy atom. The Morgan fingerprint density at radius 2 is 2.31 bits per heavy atom. The van der Waals surface area contributed by atoms with Crippen LogP contribution in [0.4, 0.5) is 10.5 Å². The lowest BCUT2D eigenvalue weighted by molar-refractivity contribution is 0.151. The first-order valence-corrected chi connectivity index (χ1v) is 5.83. The highest BCUT2D eigenvalue weighted by molar-refractivity contribution is 6.31. The molecule has 1 aliphatic heterocycles. The molecule has 0 radical (unpaired) electrons. The zero-order chi connectivity index (χ0) is 11.7. The molecule has 1 fully saturated rings. The lowest BCUT2D eigenvalue weighted by atomic mass is 10.2. The van der Waals surface area contributed by atoms with Gasteiger partial charge in [-0.15, -0.1) is 11.6 Å². The fourth-order valence-corrected chi connectivity index (χ4v) is 2.00. The summed E-state index contributed by atoms with van der Waals surface area (Å²) < 4.78 is 5.08. The number of cyclic esters (lactones) is 1. The average Bonchev–Trinajstić information content (AvgIpc) is 2.63. The van der Waals surface area contributed by atoms with Gasteiger partial charge in [-0.05, 0) is 24.6 Å². The molecule has 1 saturated heterocycles. The number of aryl methyl sites for hydroxylation is 1. The fraction of sp³-hybridized carbons (Fsp3) is 0.364. The molecular weight excluding hydrogens is 249 g/mol. The second-order valence-corrected chi connectivity index (χ2v) is 4.45. The minimum absolute atomic E-state index is 0.243. The van der Waals surface area contributed by atoms with E-state index >= 15 is 0 Å². The Morgan fingerprint density at radius 1 is 1.56 bits per heavy atom. The molecule has 0 aromatic heterocycles. The zero-order valence-corrected chi connectivity index (χ0v) is 10.3. The lowest BCUT2D eigenvalue weighted by Gasteiger charge is -2.15. The molecule has 1 atom stereocenters. The van der Waals surface area contributed by atoms with Gasteiger partial charge in [0.1, 0.15) is 6.10 Å². The minimum atomic E-state index is -0.365. The minimum Gasteiger partial charge on any atom is -0.443 e. The molecule has 86 valence electrons. The summed E-state index contributed by atoms with van der Waals surface area (Å²) in [4.78, 5) is 13.2. The second kappa shape index (κ2) is 4.52. The van der Waals surface area contributed by atoms with E-state index in [1.807, 2.05) is 13.0 Å². The van der Waals surface area contributed by atoms with Crippen LogP contribution in [-0.2, 0) is 4.74 Å². The molecule has 0 saturated carbocycles. The van der Waals surface area contributed by atoms with Crippen LogP contribution in [0.2, 0.25) is 5.02 Å². The summed E-state index contributed by atoms with van der Waals surface area (Å²) in [5, 5.41) is 0.600. The van der Waals surface area contributed by atoms with E-state index in [0.717, 1.165) is 11.3 Å². The highest BCUT2D eigenvalue weighted by Gasteiger charge is 2.32. The van der Waals surface area contributed by atoms with Gasteiger partial charge in [-0.2, -0.15) is 0 Å². The number of ether oxygens (including phenoxy) is 1. The Bertz CT molecular complexity index is 422. The summed E-state index contributed by atoms with van der Waals surface area (Å²) in [6.45, 7) is 2.40. The van der Waals surface area contributed by atoms with Gasteiger partial charge in [0.15, 0.2) is 0 Å². The van der Waals surface area contributed by atoms with Gasteiger partial charge in [0.2, 0.25) is 0 Å². The van der Waals surface area contributed by atoms with Crippen molar-refractivity contribution in [2.24, 2.45) is 0 Å². The molecule has 5 heteroatoms. The van der Waals surface area contributed by atoms with Crippen LogP contribution >= 0.6 is 23.2 Å². The lowest BCUT2D eigenvalue weighted by Crippen LogP contribution is -2.25. The molecule has 3 nitrogen and oxygen atoms in total. The number of benzene rings is 1. The largest absolute Gasteiger partial charge is 0.443 e. The molecule has 1 aromatic rings. The van der Waals surface area contributed by atoms with Crippen LogP contribution in [0.1, 0.15) is 5.56 Å². The predicted octanol–water partition coefficient (Wildman–Crippen LogP) is 3.21. The van der Waals surface area contributed by atoms with E-state index in [4.69, 9.17) is 27.9 Å². The molecule has 1 unspecified atom stereocenters. The van der Waals surface area contributed by atoms with Crippen molar-refractivity contribution in [3.05, 3.63) is 28.8 Å². The quantitative estimate of drug-likeness (QED) is 0.764. The third kappa shape index (κ3) is 2.11. The molecule has 0 N–H and O–H groups in total. The van der Waals surface area contributed by atoms with Gasteiger partial charge >= 0.3 is 6.09 Å². The van der Waals surface area contributed by atoms with Gasteiger partial charge in [0, 0.05) is 5.02 Å². The summed E-state index contributed by atoms with van der Waals surface area (Å²) in [5.74, 6) is 0.307. The Balaban J connectivity index is 2.30. The molecule has 1 aliphatic rings. The van der Waals surface area contributed by atoms with Crippen LogP contribution in [0.5, 0.6) is 0 Å². The summed E-state index contributed by atoms with van der Waals surface area (Å²) in [5.41, 5.74) is 1.77. The van der Waals surface area contributed by atoms with E-state index in [2.05, 4.69) is 0 Å². The standard InChI is InChI=1S/C11H11Cl2NO2/c1-7-2-3-8(13)4-10(7)14-6-9(5-12)16-11(14)15/h2-4,9H,5-6H2,1H3. The maximum Gasteiger partial charge on any atom is 0.414 e. The first-order chi connectivity index (χ1) is 7.61. The summed E-state index contributed by atoms with van der Waals surface area (Å²) in [6, 6.07) is 5.43. The first kappa shape index (κ1) is 11.6. The molecule has 2 rings (SSSR count). The highest BCUT2D eigenvalue weighted by atomic mass is 35.5. The van der Waals surface area contributed by atoms with Crippen molar-refractivity contribution in [3.8, 4) is 0 Å². The third-order valence-corrected chi connectivity index (χ3v) is 3.09. The first-order valence-electron chi connectivity index (χ1n) is 4.92. The van der Waals surface area contributed by atoms with Gasteiger partial charge in [0.25, 0.3) is 0 Å². The van der Waals surface area contributed by atoms with Crippen molar-refractivity contribution < 1.29 is 9.53 Å². The molecule has 16 heavy (non-hydrogen) atoms. The van der Waals surface area contributed by atoms with Gasteiger partial charge < -0.3 is 4.74 Å². The van der Waals surface area contributed by atoms with Crippen LogP contribution < -0.4 is 4.90 Å². The van der Waals surface area contributed by atoms with Crippen molar-refractivity contribution >= 4 is 35.0 Å². The summed E-state index contributed by atoms with van der Waals surface area (Å²) >= 11 is 11.6. The van der Waals surface area contributed by atoms with Crippen LogP contribution in [-0.4, -0.2) is 24.6 Å². The molecule has 1 aromatic carbocycles. The van der Waals surface area contributed by atoms with Crippen molar-refractivity contribution in [3.63, 3.8) is 0 Å². The van der Waals surface area contributed by atoms with Gasteiger partial charge in [0.05, 0.1) is 18.1 Å². The van der Waals surface area contributed by atoms with Gasteiger partial charge in [-0.3, -0.25) is 4.90 Å². The monoisotopic (exact) mass is 259 g/mol. The topological polar surface area (TPSA) is 29.5 Å². The number of hydrogen-bond donors (Lipinski definition) is 0. The van der Waals surface area contributed by atoms with Crippen LogP contribution in [0, 0.1) is 6.92 Å². The van der Waals surface area contributed by atoms with Crippen molar-refractivity contribution in [2.75, 3.05) is 17.3 Å². The van der Waals surface area contributed by atoms with E-state index in [9.17, 15) is 4.79 Å². The normalized spacial score (nSPS) is 20.1.